The molecule has 3 heteroatoms. The van der Waals surface area contributed by atoms with Gasteiger partial charge in [0.1, 0.15) is 5.75 Å². The van der Waals surface area contributed by atoms with Crippen LogP contribution in [0, 0.1) is 12.8 Å². The minimum Gasteiger partial charge on any atom is -0.496 e. The van der Waals surface area contributed by atoms with Gasteiger partial charge in [-0.05, 0) is 66.0 Å². The number of ether oxygens (including phenoxy) is 1. The first kappa shape index (κ1) is 14.6. The quantitative estimate of drug-likeness (QED) is 0.825. The summed E-state index contributed by atoms with van der Waals surface area (Å²) in [4.78, 5) is 11.1. The number of hydrogen-bond donors (Lipinski definition) is 1. The Morgan fingerprint density at radius 2 is 2.05 bits per heavy atom. The van der Waals surface area contributed by atoms with E-state index in [1.807, 2.05) is 13.0 Å². The number of aryl methyl sites for hydroxylation is 1. The molecule has 0 radical (unpaired) electrons. The van der Waals surface area contributed by atoms with Crippen molar-refractivity contribution in [2.45, 2.75) is 39.5 Å². The van der Waals surface area contributed by atoms with Crippen LogP contribution in [0.15, 0.2) is 18.2 Å². The summed E-state index contributed by atoms with van der Waals surface area (Å²) in [5, 5.41) is 9.09. The first-order valence-electron chi connectivity index (χ1n) is 7.07. The van der Waals surface area contributed by atoms with Crippen LogP contribution < -0.4 is 4.74 Å². The number of methoxy groups -OCH3 is 1. The summed E-state index contributed by atoms with van der Waals surface area (Å²) in [6.45, 7) is 6.25. The standard InChI is InChI=1S/C17H22O3/c1-10(2)13-8-14(11(3)7-16(13)20-4)15(9-17(18)19)12-5-6-12/h7-10,12H,5-6H2,1-4H3,(H,18,19)/b15-9+. The topological polar surface area (TPSA) is 46.5 Å². The number of aliphatic carboxylic acids is 1. The Morgan fingerprint density at radius 3 is 2.50 bits per heavy atom. The normalized spacial score (nSPS) is 15.6. The van der Waals surface area contributed by atoms with Gasteiger partial charge in [0.25, 0.3) is 0 Å². The molecule has 1 aliphatic carbocycles. The number of carbonyl (C=O) groups is 1. The Balaban J connectivity index is 2.55. The molecular weight excluding hydrogens is 252 g/mol. The molecule has 0 unspecified atom stereocenters. The van der Waals surface area contributed by atoms with Crippen molar-refractivity contribution in [1.29, 1.82) is 0 Å². The zero-order valence-corrected chi connectivity index (χ0v) is 12.6. The first-order valence-corrected chi connectivity index (χ1v) is 7.07. The molecule has 20 heavy (non-hydrogen) atoms. The van der Waals surface area contributed by atoms with E-state index in [4.69, 9.17) is 9.84 Å². The molecule has 0 spiro atoms. The highest BCUT2D eigenvalue weighted by molar-refractivity contribution is 5.91. The lowest BCUT2D eigenvalue weighted by molar-refractivity contribution is -0.131. The number of carboxylic acid groups (broad SMARTS) is 1. The number of benzene rings is 1. The van der Waals surface area contributed by atoms with E-state index in [9.17, 15) is 4.79 Å². The maximum Gasteiger partial charge on any atom is 0.328 e. The molecule has 1 fully saturated rings. The van der Waals surface area contributed by atoms with Crippen molar-refractivity contribution in [3.05, 3.63) is 34.9 Å². The highest BCUT2D eigenvalue weighted by Crippen LogP contribution is 2.44. The number of allylic oxidation sites excluding steroid dienone is 1. The summed E-state index contributed by atoms with van der Waals surface area (Å²) in [7, 11) is 1.68. The lowest BCUT2D eigenvalue weighted by Gasteiger charge is -2.17. The van der Waals surface area contributed by atoms with Gasteiger partial charge in [-0.1, -0.05) is 13.8 Å². The van der Waals surface area contributed by atoms with Gasteiger partial charge in [-0.3, -0.25) is 0 Å². The van der Waals surface area contributed by atoms with Gasteiger partial charge in [0.15, 0.2) is 0 Å². The molecule has 1 aromatic carbocycles. The molecule has 1 saturated carbocycles. The Hall–Kier alpha value is -1.77. The molecule has 0 atom stereocenters. The van der Waals surface area contributed by atoms with Crippen LogP contribution in [0.25, 0.3) is 5.57 Å². The van der Waals surface area contributed by atoms with Gasteiger partial charge in [0.2, 0.25) is 0 Å². The highest BCUT2D eigenvalue weighted by Gasteiger charge is 2.29. The van der Waals surface area contributed by atoms with Crippen LogP contribution >= 0.6 is 0 Å². The maximum atomic E-state index is 11.1. The third-order valence-corrected chi connectivity index (χ3v) is 3.81. The maximum absolute atomic E-state index is 11.1. The second-order valence-corrected chi connectivity index (χ2v) is 5.78. The van der Waals surface area contributed by atoms with Crippen LogP contribution in [-0.2, 0) is 4.79 Å². The minimum absolute atomic E-state index is 0.342. The van der Waals surface area contributed by atoms with Crippen molar-refractivity contribution in [2.75, 3.05) is 7.11 Å². The predicted molar refractivity (Wildman–Crippen MR) is 80.2 cm³/mol. The predicted octanol–water partition coefficient (Wildman–Crippen LogP) is 4.01. The van der Waals surface area contributed by atoms with E-state index in [-0.39, 0.29) is 0 Å². The lowest BCUT2D eigenvalue weighted by Crippen LogP contribution is -2.01. The Bertz CT molecular complexity index is 552. The summed E-state index contributed by atoms with van der Waals surface area (Å²) >= 11 is 0. The molecule has 1 N–H and O–H groups in total. The summed E-state index contributed by atoms with van der Waals surface area (Å²) in [6.07, 6.45) is 3.54. The molecule has 0 aliphatic heterocycles. The van der Waals surface area contributed by atoms with Crippen LogP contribution in [0.3, 0.4) is 0 Å². The van der Waals surface area contributed by atoms with Crippen LogP contribution in [0.1, 0.15) is 49.3 Å². The number of carboxylic acids is 1. The van der Waals surface area contributed by atoms with Gasteiger partial charge < -0.3 is 9.84 Å². The summed E-state index contributed by atoms with van der Waals surface area (Å²) in [6, 6.07) is 4.12. The van der Waals surface area contributed by atoms with Crippen LogP contribution in [0.5, 0.6) is 5.75 Å². The molecule has 0 bridgehead atoms. The van der Waals surface area contributed by atoms with Crippen molar-refractivity contribution in [3.63, 3.8) is 0 Å². The Labute approximate surface area is 120 Å². The molecule has 2 rings (SSSR count). The Morgan fingerprint density at radius 1 is 1.40 bits per heavy atom. The van der Waals surface area contributed by atoms with E-state index in [0.717, 1.165) is 40.9 Å². The second kappa shape index (κ2) is 5.70. The van der Waals surface area contributed by atoms with E-state index >= 15 is 0 Å². The van der Waals surface area contributed by atoms with Crippen molar-refractivity contribution in [2.24, 2.45) is 5.92 Å². The smallest absolute Gasteiger partial charge is 0.328 e. The second-order valence-electron chi connectivity index (χ2n) is 5.78. The highest BCUT2D eigenvalue weighted by atomic mass is 16.5. The van der Waals surface area contributed by atoms with Crippen LogP contribution in [0.2, 0.25) is 0 Å². The van der Waals surface area contributed by atoms with Gasteiger partial charge in [-0.2, -0.15) is 0 Å². The van der Waals surface area contributed by atoms with Crippen LogP contribution in [0.4, 0.5) is 0 Å². The largest absolute Gasteiger partial charge is 0.496 e. The van der Waals surface area contributed by atoms with Gasteiger partial charge in [0, 0.05) is 6.08 Å². The van der Waals surface area contributed by atoms with Gasteiger partial charge in [0.05, 0.1) is 7.11 Å². The zero-order chi connectivity index (χ0) is 14.9. The van der Waals surface area contributed by atoms with Crippen molar-refractivity contribution in [3.8, 4) is 5.75 Å². The molecule has 0 heterocycles. The van der Waals surface area contributed by atoms with E-state index in [0.29, 0.717) is 11.8 Å². The van der Waals surface area contributed by atoms with E-state index in [2.05, 4.69) is 19.9 Å². The van der Waals surface area contributed by atoms with Gasteiger partial charge in [-0.25, -0.2) is 4.79 Å². The summed E-state index contributed by atoms with van der Waals surface area (Å²) in [5.74, 6) is 0.757. The zero-order valence-electron chi connectivity index (χ0n) is 12.6. The van der Waals surface area contributed by atoms with Crippen molar-refractivity contribution < 1.29 is 14.6 Å². The average Bonchev–Trinajstić information content (AvgIpc) is 3.19. The molecule has 0 saturated heterocycles. The summed E-state index contributed by atoms with van der Waals surface area (Å²) < 4.78 is 5.44. The van der Waals surface area contributed by atoms with Crippen molar-refractivity contribution in [1.82, 2.24) is 0 Å². The van der Waals surface area contributed by atoms with E-state index in [1.54, 1.807) is 7.11 Å². The molecule has 108 valence electrons. The molecule has 0 aromatic heterocycles. The molecule has 0 amide bonds. The van der Waals surface area contributed by atoms with Crippen LogP contribution in [-0.4, -0.2) is 18.2 Å². The van der Waals surface area contributed by atoms with Crippen molar-refractivity contribution >= 4 is 11.5 Å². The fourth-order valence-electron chi connectivity index (χ4n) is 2.58. The SMILES string of the molecule is COc1cc(C)c(/C(=C/C(=O)O)C2CC2)cc1C(C)C. The number of hydrogen-bond acceptors (Lipinski definition) is 2. The summed E-state index contributed by atoms with van der Waals surface area (Å²) in [5.41, 5.74) is 4.22. The molecule has 1 aromatic rings. The van der Waals surface area contributed by atoms with E-state index in [1.165, 1.54) is 6.08 Å². The monoisotopic (exact) mass is 274 g/mol. The third-order valence-electron chi connectivity index (χ3n) is 3.81. The fourth-order valence-corrected chi connectivity index (χ4v) is 2.58. The molecule has 3 nitrogen and oxygen atoms in total. The number of rotatable bonds is 5. The third kappa shape index (κ3) is 3.03. The van der Waals surface area contributed by atoms with Gasteiger partial charge in [-0.15, -0.1) is 0 Å². The minimum atomic E-state index is -0.867. The lowest BCUT2D eigenvalue weighted by atomic mass is 9.90. The average molecular weight is 274 g/mol. The first-order chi connectivity index (χ1) is 9.43. The molecular formula is C17H22O3. The van der Waals surface area contributed by atoms with E-state index < -0.39 is 5.97 Å². The fraction of sp³-hybridized carbons (Fsp3) is 0.471. The Kier molecular flexibility index (Phi) is 4.17. The van der Waals surface area contributed by atoms with Gasteiger partial charge >= 0.3 is 5.97 Å². The molecule has 1 aliphatic rings.